The van der Waals surface area contributed by atoms with Gasteiger partial charge in [0.2, 0.25) is 0 Å². The van der Waals surface area contributed by atoms with E-state index in [9.17, 15) is 5.11 Å². The van der Waals surface area contributed by atoms with E-state index in [1.54, 1.807) is 0 Å². The smallest absolute Gasteiger partial charge is 0.0499 e. The van der Waals surface area contributed by atoms with E-state index < -0.39 is 0 Å². The highest BCUT2D eigenvalue weighted by Gasteiger charge is 2.41. The molecule has 2 nitrogen and oxygen atoms in total. The summed E-state index contributed by atoms with van der Waals surface area (Å²) >= 11 is 0. The minimum Gasteiger partial charge on any atom is -0.396 e. The highest BCUT2D eigenvalue weighted by molar-refractivity contribution is 4.95. The number of hydrogen-bond donors (Lipinski definition) is 1. The minimum absolute atomic E-state index is 0.0235. The number of piperidine rings is 1. The summed E-state index contributed by atoms with van der Waals surface area (Å²) in [5.74, 6) is 0. The Balaban J connectivity index is 2.71. The van der Waals surface area contributed by atoms with Gasteiger partial charge >= 0.3 is 0 Å². The van der Waals surface area contributed by atoms with Crippen LogP contribution in [0.3, 0.4) is 0 Å². The van der Waals surface area contributed by atoms with E-state index in [0.29, 0.717) is 0 Å². The summed E-state index contributed by atoms with van der Waals surface area (Å²) in [6.07, 6.45) is 3.99. The zero-order chi connectivity index (χ0) is 10.8. The van der Waals surface area contributed by atoms with Crippen LogP contribution >= 0.6 is 0 Å². The van der Waals surface area contributed by atoms with Crippen molar-refractivity contribution in [1.29, 1.82) is 0 Å². The van der Waals surface area contributed by atoms with Crippen LogP contribution < -0.4 is 0 Å². The summed E-state index contributed by atoms with van der Waals surface area (Å²) in [6.45, 7) is 11.5. The maximum atomic E-state index is 9.43. The van der Waals surface area contributed by atoms with Crippen LogP contribution in [0.2, 0.25) is 0 Å². The first kappa shape index (κ1) is 12.0. The van der Waals surface area contributed by atoms with Gasteiger partial charge in [0, 0.05) is 17.6 Å². The highest BCUT2D eigenvalue weighted by atomic mass is 16.3. The van der Waals surface area contributed by atoms with Crippen molar-refractivity contribution in [3.05, 3.63) is 0 Å². The Labute approximate surface area is 88.3 Å². The van der Waals surface area contributed by atoms with E-state index in [-0.39, 0.29) is 17.6 Å². The molecule has 0 unspecified atom stereocenters. The molecule has 1 saturated heterocycles. The minimum atomic E-state index is -0.0235. The fourth-order valence-electron chi connectivity index (χ4n) is 2.07. The fraction of sp³-hybridized carbons (Fsp3) is 1.00. The first-order valence-corrected chi connectivity index (χ1v) is 5.78. The van der Waals surface area contributed by atoms with Crippen molar-refractivity contribution in [2.75, 3.05) is 19.7 Å². The van der Waals surface area contributed by atoms with Crippen molar-refractivity contribution in [1.82, 2.24) is 4.90 Å². The molecule has 1 N–H and O–H groups in total. The van der Waals surface area contributed by atoms with Crippen molar-refractivity contribution in [2.24, 2.45) is 5.41 Å². The Morgan fingerprint density at radius 1 is 1.00 bits per heavy atom. The zero-order valence-corrected chi connectivity index (χ0v) is 10.1. The van der Waals surface area contributed by atoms with Gasteiger partial charge in [0.1, 0.15) is 0 Å². The van der Waals surface area contributed by atoms with Gasteiger partial charge in [-0.15, -0.1) is 0 Å². The van der Waals surface area contributed by atoms with E-state index in [1.165, 1.54) is 32.4 Å². The summed E-state index contributed by atoms with van der Waals surface area (Å²) in [7, 11) is 0. The third-order valence-electron chi connectivity index (χ3n) is 4.20. The predicted octanol–water partition coefficient (Wildman–Crippen LogP) is 2.27. The lowest BCUT2D eigenvalue weighted by molar-refractivity contribution is -0.0318. The molecule has 0 bridgehead atoms. The standard InChI is InChI=1S/C12H25NO/c1-11(2,10-14)12(3,4)13-8-6-5-7-9-13/h14H,5-10H2,1-4H3. The number of rotatable bonds is 3. The summed E-state index contributed by atoms with van der Waals surface area (Å²) < 4.78 is 0. The zero-order valence-electron chi connectivity index (χ0n) is 10.1. The van der Waals surface area contributed by atoms with E-state index in [1.807, 2.05) is 0 Å². The molecular weight excluding hydrogens is 174 g/mol. The van der Waals surface area contributed by atoms with Crippen molar-refractivity contribution >= 4 is 0 Å². The number of aliphatic hydroxyl groups is 1. The van der Waals surface area contributed by atoms with Crippen LogP contribution in [0, 0.1) is 5.41 Å². The number of hydrogen-bond acceptors (Lipinski definition) is 2. The number of nitrogens with zero attached hydrogens (tertiary/aromatic N) is 1. The summed E-state index contributed by atoms with van der Waals surface area (Å²) in [4.78, 5) is 2.53. The lowest BCUT2D eigenvalue weighted by Crippen LogP contribution is -2.56. The second-order valence-corrected chi connectivity index (χ2v) is 5.65. The Kier molecular flexibility index (Phi) is 3.59. The molecule has 0 saturated carbocycles. The van der Waals surface area contributed by atoms with E-state index in [4.69, 9.17) is 0 Å². The molecule has 2 heteroatoms. The SMILES string of the molecule is CC(C)(CO)C(C)(C)N1CCCCC1. The van der Waals surface area contributed by atoms with Crippen LogP contribution in [0.4, 0.5) is 0 Å². The first-order valence-electron chi connectivity index (χ1n) is 5.78. The second-order valence-electron chi connectivity index (χ2n) is 5.65. The topological polar surface area (TPSA) is 23.5 Å². The average Bonchev–Trinajstić information content (AvgIpc) is 2.19. The lowest BCUT2D eigenvalue weighted by atomic mass is 9.73. The summed E-state index contributed by atoms with van der Waals surface area (Å²) in [5, 5.41) is 9.43. The maximum Gasteiger partial charge on any atom is 0.0499 e. The molecule has 1 fully saturated rings. The average molecular weight is 199 g/mol. The third kappa shape index (κ3) is 2.12. The molecule has 0 aliphatic carbocycles. The van der Waals surface area contributed by atoms with Crippen LogP contribution in [0.25, 0.3) is 0 Å². The van der Waals surface area contributed by atoms with Gasteiger partial charge in [-0.2, -0.15) is 0 Å². The molecule has 0 radical (unpaired) electrons. The molecule has 1 aliphatic rings. The van der Waals surface area contributed by atoms with Gasteiger partial charge < -0.3 is 5.11 Å². The molecule has 1 heterocycles. The second kappa shape index (κ2) is 4.19. The van der Waals surface area contributed by atoms with Crippen LogP contribution in [0.1, 0.15) is 47.0 Å². The Morgan fingerprint density at radius 2 is 1.50 bits per heavy atom. The summed E-state index contributed by atoms with van der Waals surface area (Å²) in [6, 6.07) is 0. The molecule has 0 aromatic rings. The van der Waals surface area contributed by atoms with Crippen LogP contribution in [0.5, 0.6) is 0 Å². The predicted molar refractivity (Wildman–Crippen MR) is 60.4 cm³/mol. The van der Waals surface area contributed by atoms with Crippen molar-refractivity contribution in [3.8, 4) is 0 Å². The third-order valence-corrected chi connectivity index (χ3v) is 4.20. The van der Waals surface area contributed by atoms with Gasteiger partial charge in [0.15, 0.2) is 0 Å². The normalized spacial score (nSPS) is 21.2. The molecule has 1 rings (SSSR count). The van der Waals surface area contributed by atoms with Gasteiger partial charge in [-0.05, 0) is 39.8 Å². The quantitative estimate of drug-likeness (QED) is 0.753. The molecule has 0 atom stereocenters. The highest BCUT2D eigenvalue weighted by Crippen LogP contribution is 2.36. The van der Waals surface area contributed by atoms with Crippen LogP contribution in [-0.2, 0) is 0 Å². The van der Waals surface area contributed by atoms with Crippen molar-refractivity contribution < 1.29 is 5.11 Å². The molecule has 0 aromatic heterocycles. The number of likely N-dealkylation sites (tertiary alicyclic amines) is 1. The molecule has 0 aromatic carbocycles. The Morgan fingerprint density at radius 3 is 1.93 bits per heavy atom. The lowest BCUT2D eigenvalue weighted by Gasteiger charge is -2.50. The van der Waals surface area contributed by atoms with E-state index in [0.717, 1.165) is 0 Å². The van der Waals surface area contributed by atoms with Gasteiger partial charge in [-0.25, -0.2) is 0 Å². The fourth-order valence-corrected chi connectivity index (χ4v) is 2.07. The van der Waals surface area contributed by atoms with Crippen molar-refractivity contribution in [3.63, 3.8) is 0 Å². The Bertz CT molecular complexity index is 181. The van der Waals surface area contributed by atoms with E-state index >= 15 is 0 Å². The molecule has 84 valence electrons. The summed E-state index contributed by atoms with van der Waals surface area (Å²) in [5.41, 5.74) is 0.0759. The molecular formula is C12H25NO. The maximum absolute atomic E-state index is 9.43. The van der Waals surface area contributed by atoms with E-state index in [2.05, 4.69) is 32.6 Å². The molecule has 14 heavy (non-hydrogen) atoms. The monoisotopic (exact) mass is 199 g/mol. The van der Waals surface area contributed by atoms with Gasteiger partial charge in [-0.3, -0.25) is 4.90 Å². The van der Waals surface area contributed by atoms with Crippen LogP contribution in [-0.4, -0.2) is 35.2 Å². The number of aliphatic hydroxyl groups excluding tert-OH is 1. The van der Waals surface area contributed by atoms with Crippen LogP contribution in [0.15, 0.2) is 0 Å². The Hall–Kier alpha value is -0.0800. The molecule has 1 aliphatic heterocycles. The van der Waals surface area contributed by atoms with Gasteiger partial charge in [0.25, 0.3) is 0 Å². The first-order chi connectivity index (χ1) is 6.42. The van der Waals surface area contributed by atoms with Gasteiger partial charge in [0.05, 0.1) is 0 Å². The van der Waals surface area contributed by atoms with Crippen molar-refractivity contribution in [2.45, 2.75) is 52.5 Å². The molecule has 0 amide bonds. The largest absolute Gasteiger partial charge is 0.396 e. The molecule has 0 spiro atoms. The van der Waals surface area contributed by atoms with Gasteiger partial charge in [-0.1, -0.05) is 20.3 Å².